The van der Waals surface area contributed by atoms with Crippen molar-refractivity contribution in [3.8, 4) is 17.2 Å². The molecule has 2 aliphatic carbocycles. The normalized spacial score (nSPS) is 18.3. The molecule has 0 bridgehead atoms. The summed E-state index contributed by atoms with van der Waals surface area (Å²) >= 11 is 0. The zero-order valence-electron chi connectivity index (χ0n) is 15.5. The van der Waals surface area contributed by atoms with Gasteiger partial charge >= 0.3 is 6.36 Å². The molecule has 0 heterocycles. The number of hydrogen-bond acceptors (Lipinski definition) is 3. The molecule has 2 aliphatic rings. The molecule has 1 aromatic rings. The minimum Gasteiger partial charge on any atom is -0.486 e. The van der Waals surface area contributed by atoms with Crippen LogP contribution < -0.4 is 14.2 Å². The third-order valence-electron chi connectivity index (χ3n) is 4.75. The van der Waals surface area contributed by atoms with Crippen LogP contribution in [0.3, 0.4) is 0 Å². The molecular formula is C21H24F4O3. The van der Waals surface area contributed by atoms with E-state index in [9.17, 15) is 17.6 Å². The van der Waals surface area contributed by atoms with Crippen LogP contribution in [0.15, 0.2) is 36.4 Å². The predicted octanol–water partition coefficient (Wildman–Crippen LogP) is 6.19. The Bertz CT molecular complexity index is 702. The lowest BCUT2D eigenvalue weighted by Gasteiger charge is -2.16. The highest BCUT2D eigenvalue weighted by Gasteiger charge is 2.35. The van der Waals surface area contributed by atoms with Gasteiger partial charge in [-0.05, 0) is 49.7 Å². The van der Waals surface area contributed by atoms with Crippen LogP contribution in [0, 0.1) is 17.7 Å². The van der Waals surface area contributed by atoms with Crippen molar-refractivity contribution in [2.75, 3.05) is 13.2 Å². The maximum atomic E-state index is 14.6. The summed E-state index contributed by atoms with van der Waals surface area (Å²) in [7, 11) is 0. The highest BCUT2D eigenvalue weighted by molar-refractivity contribution is 5.47. The lowest BCUT2D eigenvalue weighted by molar-refractivity contribution is -0.276. The summed E-state index contributed by atoms with van der Waals surface area (Å²) in [5.41, 5.74) is 0. The van der Waals surface area contributed by atoms with E-state index in [1.165, 1.54) is 25.0 Å². The van der Waals surface area contributed by atoms with Gasteiger partial charge in [-0.1, -0.05) is 37.1 Å². The van der Waals surface area contributed by atoms with E-state index >= 15 is 0 Å². The molecule has 0 N–H and O–H groups in total. The second kappa shape index (κ2) is 9.34. The van der Waals surface area contributed by atoms with Gasteiger partial charge in [0.05, 0.1) is 0 Å². The molecule has 0 amide bonds. The average molecular weight is 400 g/mol. The minimum atomic E-state index is -5.04. The molecule has 0 saturated heterocycles. The second-order valence-corrected chi connectivity index (χ2v) is 7.11. The van der Waals surface area contributed by atoms with Gasteiger partial charge in [0, 0.05) is 0 Å². The molecule has 3 nitrogen and oxygen atoms in total. The zero-order valence-corrected chi connectivity index (χ0v) is 15.5. The third-order valence-corrected chi connectivity index (χ3v) is 4.75. The first-order valence-corrected chi connectivity index (χ1v) is 9.59. The van der Waals surface area contributed by atoms with E-state index in [-0.39, 0.29) is 24.7 Å². The van der Waals surface area contributed by atoms with Crippen molar-refractivity contribution in [1.29, 1.82) is 0 Å². The molecule has 2 saturated carbocycles. The van der Waals surface area contributed by atoms with Gasteiger partial charge in [0.15, 0.2) is 11.5 Å². The van der Waals surface area contributed by atoms with Crippen LogP contribution in [0.5, 0.6) is 17.2 Å². The van der Waals surface area contributed by atoms with Gasteiger partial charge in [-0.25, -0.2) is 0 Å². The van der Waals surface area contributed by atoms with E-state index in [4.69, 9.17) is 9.47 Å². The SMILES string of the molecule is Fc1c(OC/C=C/C2CCCC2)ccc(OC/C=C/C2CC2)c1OC(F)(F)F. The smallest absolute Gasteiger partial charge is 0.486 e. The Morgan fingerprint density at radius 2 is 1.39 bits per heavy atom. The van der Waals surface area contributed by atoms with E-state index < -0.39 is 17.9 Å². The highest BCUT2D eigenvalue weighted by atomic mass is 19.4. The van der Waals surface area contributed by atoms with Gasteiger partial charge < -0.3 is 14.2 Å². The van der Waals surface area contributed by atoms with Crippen LogP contribution in [0.25, 0.3) is 0 Å². The lowest BCUT2D eigenvalue weighted by Crippen LogP contribution is -2.19. The number of benzene rings is 1. The summed E-state index contributed by atoms with van der Waals surface area (Å²) in [5.74, 6) is -1.85. The Morgan fingerprint density at radius 1 is 0.857 bits per heavy atom. The fraction of sp³-hybridized carbons (Fsp3) is 0.524. The van der Waals surface area contributed by atoms with Gasteiger partial charge in [-0.3, -0.25) is 0 Å². The largest absolute Gasteiger partial charge is 0.573 e. The number of hydrogen-bond donors (Lipinski definition) is 0. The molecule has 154 valence electrons. The first-order chi connectivity index (χ1) is 13.4. The Labute approximate surface area is 162 Å². The summed E-state index contributed by atoms with van der Waals surface area (Å²) in [6.45, 7) is 0.109. The molecule has 0 aliphatic heterocycles. The van der Waals surface area contributed by atoms with Gasteiger partial charge in [0.1, 0.15) is 13.2 Å². The van der Waals surface area contributed by atoms with Crippen LogP contribution in [0.4, 0.5) is 17.6 Å². The number of ether oxygens (including phenoxy) is 3. The molecule has 28 heavy (non-hydrogen) atoms. The van der Waals surface area contributed by atoms with Gasteiger partial charge in [-0.15, -0.1) is 13.2 Å². The second-order valence-electron chi connectivity index (χ2n) is 7.11. The maximum Gasteiger partial charge on any atom is 0.573 e. The number of rotatable bonds is 9. The molecule has 1 aromatic carbocycles. The van der Waals surface area contributed by atoms with Gasteiger partial charge in [0.2, 0.25) is 11.6 Å². The third kappa shape index (κ3) is 6.46. The fourth-order valence-electron chi connectivity index (χ4n) is 3.17. The van der Waals surface area contributed by atoms with Crippen LogP contribution in [0.1, 0.15) is 38.5 Å². The standard InChI is InChI=1S/C21H24F4O3/c22-19-17(26-13-3-7-15-5-1-2-6-15)11-12-18(20(19)28-21(23,24)25)27-14-4-8-16-9-10-16/h3-4,7-8,11-12,15-16H,1-2,5-6,9-10,13-14H2/b7-3+,8-4+. The minimum absolute atomic E-state index is 0.0362. The van der Waals surface area contributed by atoms with Crippen LogP contribution in [-0.2, 0) is 0 Å². The van der Waals surface area contributed by atoms with E-state index in [1.54, 1.807) is 12.2 Å². The molecule has 0 spiro atoms. The maximum absolute atomic E-state index is 14.6. The van der Waals surface area contributed by atoms with E-state index in [1.807, 2.05) is 12.2 Å². The molecular weight excluding hydrogens is 376 g/mol. The highest BCUT2D eigenvalue weighted by Crippen LogP contribution is 2.39. The van der Waals surface area contributed by atoms with Gasteiger partial charge in [0.25, 0.3) is 0 Å². The molecule has 3 rings (SSSR count). The summed E-state index contributed by atoms with van der Waals surface area (Å²) in [5, 5.41) is 0. The summed E-state index contributed by atoms with van der Waals surface area (Å²) in [6.07, 6.45) is 9.24. The summed E-state index contributed by atoms with van der Waals surface area (Å²) in [6, 6.07) is 2.48. The Balaban J connectivity index is 1.65. The van der Waals surface area contributed by atoms with E-state index in [0.717, 1.165) is 25.7 Å². The summed E-state index contributed by atoms with van der Waals surface area (Å²) in [4.78, 5) is 0. The molecule has 0 radical (unpaired) electrons. The Hall–Kier alpha value is -2.18. The van der Waals surface area contributed by atoms with Gasteiger partial charge in [-0.2, -0.15) is 4.39 Å². The molecule has 0 atom stereocenters. The molecule has 2 fully saturated rings. The Kier molecular flexibility index (Phi) is 6.86. The van der Waals surface area contributed by atoms with E-state index in [2.05, 4.69) is 4.74 Å². The first-order valence-electron chi connectivity index (χ1n) is 9.59. The van der Waals surface area contributed by atoms with E-state index in [0.29, 0.717) is 11.8 Å². The van der Waals surface area contributed by atoms with Crippen LogP contribution in [-0.4, -0.2) is 19.6 Å². The quantitative estimate of drug-likeness (QED) is 0.365. The Morgan fingerprint density at radius 3 is 1.96 bits per heavy atom. The van der Waals surface area contributed by atoms with Crippen LogP contribution >= 0.6 is 0 Å². The van der Waals surface area contributed by atoms with Crippen molar-refractivity contribution in [2.24, 2.45) is 11.8 Å². The predicted molar refractivity (Wildman–Crippen MR) is 97.0 cm³/mol. The number of allylic oxidation sites excluding steroid dienone is 2. The topological polar surface area (TPSA) is 27.7 Å². The summed E-state index contributed by atoms with van der Waals surface area (Å²) < 4.78 is 67.1. The van der Waals surface area contributed by atoms with Crippen molar-refractivity contribution in [3.63, 3.8) is 0 Å². The average Bonchev–Trinajstić information content (AvgIpc) is 3.31. The molecule has 0 aromatic heterocycles. The van der Waals surface area contributed by atoms with Crippen molar-refractivity contribution >= 4 is 0 Å². The van der Waals surface area contributed by atoms with Crippen molar-refractivity contribution in [1.82, 2.24) is 0 Å². The van der Waals surface area contributed by atoms with Crippen molar-refractivity contribution in [3.05, 3.63) is 42.3 Å². The first kappa shape index (κ1) is 20.6. The van der Waals surface area contributed by atoms with Crippen molar-refractivity contribution in [2.45, 2.75) is 44.9 Å². The lowest BCUT2D eigenvalue weighted by atomic mass is 10.1. The number of halogens is 4. The monoisotopic (exact) mass is 400 g/mol. The van der Waals surface area contributed by atoms with Crippen LogP contribution in [0.2, 0.25) is 0 Å². The fourth-order valence-corrected chi connectivity index (χ4v) is 3.17. The molecule has 0 unspecified atom stereocenters. The van der Waals surface area contributed by atoms with Crippen molar-refractivity contribution < 1.29 is 31.8 Å². The number of alkyl halides is 3. The zero-order chi connectivity index (χ0) is 20.0. The molecule has 7 heteroatoms.